The summed E-state index contributed by atoms with van der Waals surface area (Å²) in [5, 5.41) is 0. The fourth-order valence-corrected chi connectivity index (χ4v) is 9.56. The fraction of sp³-hybridized carbons (Fsp3) is 0.0323. The van der Waals surface area contributed by atoms with Crippen molar-refractivity contribution in [1.29, 1.82) is 0 Å². The zero-order chi connectivity index (χ0) is 53.7. The van der Waals surface area contributed by atoms with Crippen LogP contribution in [0.25, 0.3) is 90.6 Å². The van der Waals surface area contributed by atoms with E-state index in [2.05, 4.69) is 60.7 Å². The third-order valence-corrected chi connectivity index (χ3v) is 12.8. The van der Waals surface area contributed by atoms with Gasteiger partial charge < -0.3 is 0 Å². The Morgan fingerprint density at radius 2 is 0.515 bits per heavy atom. The third kappa shape index (κ3) is 6.98. The Hall–Kier alpha value is -9.00. The average molecular weight is 879 g/mol. The van der Waals surface area contributed by atoms with Crippen LogP contribution in [0.3, 0.4) is 0 Å². The molecule has 3 aliphatic rings. The first-order valence-corrected chi connectivity index (χ1v) is 22.2. The molecular formula is C62H40N6. The Morgan fingerprint density at radius 3 is 0.882 bits per heavy atom. The Morgan fingerprint density at radius 1 is 0.235 bits per heavy atom. The molecule has 2 aromatic heterocycles. The van der Waals surface area contributed by atoms with Crippen LogP contribution in [0.2, 0.25) is 0 Å². The molecule has 2 unspecified atom stereocenters. The van der Waals surface area contributed by atoms with Crippen molar-refractivity contribution in [2.24, 2.45) is 0 Å². The maximum absolute atomic E-state index is 8.54. The Bertz CT molecular complexity index is 3940. The number of benzene rings is 9. The van der Waals surface area contributed by atoms with Gasteiger partial charge in [0.2, 0.25) is 0 Å². The number of aromatic nitrogens is 6. The molecule has 3 aliphatic carbocycles. The van der Waals surface area contributed by atoms with E-state index in [1.165, 1.54) is 11.1 Å². The van der Waals surface area contributed by atoms with Gasteiger partial charge in [0.05, 0.1) is 13.7 Å². The van der Waals surface area contributed by atoms with Crippen molar-refractivity contribution >= 4 is 0 Å². The summed E-state index contributed by atoms with van der Waals surface area (Å²) >= 11 is 0. The van der Waals surface area contributed by atoms with Crippen LogP contribution in [0.15, 0.2) is 230 Å². The molecule has 2 heterocycles. The summed E-state index contributed by atoms with van der Waals surface area (Å²) in [5.41, 5.74) is 12.8. The Balaban J connectivity index is 0.890. The lowest BCUT2D eigenvalue weighted by atomic mass is 9.61. The van der Waals surface area contributed by atoms with Crippen molar-refractivity contribution in [2.45, 2.75) is 11.8 Å². The van der Waals surface area contributed by atoms with Crippen LogP contribution >= 0.6 is 0 Å². The molecule has 0 saturated heterocycles. The van der Waals surface area contributed by atoms with E-state index in [1.807, 2.05) is 60.7 Å². The first kappa shape index (κ1) is 30.3. The van der Waals surface area contributed by atoms with Crippen molar-refractivity contribution in [3.05, 3.63) is 264 Å². The van der Waals surface area contributed by atoms with Crippen molar-refractivity contribution in [3.8, 4) is 90.6 Å². The van der Waals surface area contributed by atoms with E-state index in [1.54, 1.807) is 48.5 Å². The SMILES string of the molecule is [2H]c1c([2H])c([2H])c(-c2ccc(-c3nc(-c4ccccc4)nc(-c4ccc5c(c4)C4c6ccccc6C5c5cc(-c6nc(-c7ccccc7)nc(-c7ccc(-c8c([2H])c([2H])c([2H])c([2H])c8[2H])cc7)n6)ccc54)n3)cc2)c([2H])c1[2H]. The van der Waals surface area contributed by atoms with Crippen molar-refractivity contribution in [2.75, 3.05) is 0 Å². The van der Waals surface area contributed by atoms with Gasteiger partial charge in [0, 0.05) is 45.2 Å². The molecule has 14 rings (SSSR count). The van der Waals surface area contributed by atoms with Gasteiger partial charge in [0.15, 0.2) is 34.9 Å². The molecule has 2 atom stereocenters. The quantitative estimate of drug-likeness (QED) is 0.151. The summed E-state index contributed by atoms with van der Waals surface area (Å²) in [5.74, 6) is 2.50. The molecular weight excluding hydrogens is 829 g/mol. The standard InChI is InChI=1S/C62H40N6/c1-5-15-39(16-6-1)41-25-29-45(30-26-41)59-63-57(43-19-9-3-10-20-43)65-61(67-59)47-33-35-51-53(37-47)55-49-23-13-14-24-50(49)56(51)54-38-48(34-36-52(54)55)62-66-58(44-21-11-4-12-22-44)64-60(68-62)46-31-27-42(28-32-46)40-17-7-2-8-18-40/h1-38,55-56H/i1D,2D,5D,6D,7D,8D,15D,16D,17D,18D. The van der Waals surface area contributed by atoms with Gasteiger partial charge in [-0.2, -0.15) is 0 Å². The largest absolute Gasteiger partial charge is 0.208 e. The van der Waals surface area contributed by atoms with Gasteiger partial charge in [0.25, 0.3) is 0 Å². The highest BCUT2D eigenvalue weighted by atomic mass is 15.0. The minimum atomic E-state index is -0.443. The van der Waals surface area contributed by atoms with E-state index >= 15 is 0 Å². The molecule has 0 amide bonds. The molecule has 0 saturated carbocycles. The second-order valence-electron chi connectivity index (χ2n) is 16.7. The van der Waals surface area contributed by atoms with E-state index in [0.29, 0.717) is 57.2 Å². The highest BCUT2D eigenvalue weighted by molar-refractivity contribution is 5.77. The topological polar surface area (TPSA) is 77.3 Å². The first-order chi connectivity index (χ1) is 37.8. The summed E-state index contributed by atoms with van der Waals surface area (Å²) in [6.45, 7) is 0. The van der Waals surface area contributed by atoms with Crippen LogP contribution in [-0.4, -0.2) is 29.9 Å². The predicted octanol–water partition coefficient (Wildman–Crippen LogP) is 14.4. The maximum atomic E-state index is 8.54. The lowest BCUT2D eigenvalue weighted by Crippen LogP contribution is -2.27. The van der Waals surface area contributed by atoms with Crippen LogP contribution in [0, 0.1) is 0 Å². The molecule has 68 heavy (non-hydrogen) atoms. The minimum absolute atomic E-state index is 0.118. The molecule has 6 heteroatoms. The Labute approximate surface area is 408 Å². The monoisotopic (exact) mass is 878 g/mol. The van der Waals surface area contributed by atoms with Gasteiger partial charge in [-0.1, -0.05) is 218 Å². The molecule has 6 nitrogen and oxygen atoms in total. The lowest BCUT2D eigenvalue weighted by molar-refractivity contribution is 0.754. The van der Waals surface area contributed by atoms with Gasteiger partial charge in [-0.25, -0.2) is 29.9 Å². The van der Waals surface area contributed by atoms with Gasteiger partial charge >= 0.3 is 0 Å². The van der Waals surface area contributed by atoms with Gasteiger partial charge in [-0.3, -0.25) is 0 Å². The Kier molecular flexibility index (Phi) is 7.32. The zero-order valence-electron chi connectivity index (χ0n) is 46.0. The van der Waals surface area contributed by atoms with Crippen molar-refractivity contribution in [3.63, 3.8) is 0 Å². The van der Waals surface area contributed by atoms with E-state index in [-0.39, 0.29) is 47.1 Å². The molecule has 11 aromatic rings. The second kappa shape index (κ2) is 16.5. The lowest BCUT2D eigenvalue weighted by Gasteiger charge is -2.42. The van der Waals surface area contributed by atoms with Crippen LogP contribution in [0.1, 0.15) is 58.9 Å². The molecule has 2 bridgehead atoms. The smallest absolute Gasteiger partial charge is 0.164 e. The molecule has 0 spiro atoms. The van der Waals surface area contributed by atoms with Crippen molar-refractivity contribution in [1.82, 2.24) is 29.9 Å². The molecule has 0 radical (unpaired) electrons. The molecule has 0 N–H and O–H groups in total. The highest BCUT2D eigenvalue weighted by Gasteiger charge is 2.41. The summed E-state index contributed by atoms with van der Waals surface area (Å²) in [7, 11) is 0. The van der Waals surface area contributed by atoms with E-state index in [9.17, 15) is 0 Å². The van der Waals surface area contributed by atoms with Crippen molar-refractivity contribution < 1.29 is 13.7 Å². The summed E-state index contributed by atoms with van der Waals surface area (Å²) in [6, 6.07) is 51.4. The van der Waals surface area contributed by atoms with Crippen LogP contribution in [-0.2, 0) is 0 Å². The summed E-state index contributed by atoms with van der Waals surface area (Å²) in [6.07, 6.45) is 0. The number of hydrogen-bond donors (Lipinski definition) is 0. The van der Waals surface area contributed by atoms with Gasteiger partial charge in [-0.05, 0) is 67.8 Å². The van der Waals surface area contributed by atoms with Crippen LogP contribution in [0.4, 0.5) is 0 Å². The van der Waals surface area contributed by atoms with Crippen LogP contribution in [0.5, 0.6) is 0 Å². The predicted molar refractivity (Wildman–Crippen MR) is 271 cm³/mol. The summed E-state index contributed by atoms with van der Waals surface area (Å²) in [4.78, 5) is 30.2. The minimum Gasteiger partial charge on any atom is -0.208 e. The number of hydrogen-bond acceptors (Lipinski definition) is 6. The van der Waals surface area contributed by atoms with Gasteiger partial charge in [0.1, 0.15) is 0 Å². The van der Waals surface area contributed by atoms with E-state index in [4.69, 9.17) is 43.6 Å². The summed E-state index contributed by atoms with van der Waals surface area (Å²) < 4.78 is 83.2. The molecule has 318 valence electrons. The maximum Gasteiger partial charge on any atom is 0.164 e. The molecule has 0 aliphatic heterocycles. The second-order valence-corrected chi connectivity index (χ2v) is 16.7. The van der Waals surface area contributed by atoms with E-state index in [0.717, 1.165) is 44.5 Å². The normalized spacial score (nSPS) is 16.2. The number of nitrogens with zero attached hydrogens (tertiary/aromatic N) is 6. The fourth-order valence-electron chi connectivity index (χ4n) is 9.56. The number of rotatable bonds is 8. The zero-order valence-corrected chi connectivity index (χ0v) is 36.0. The van der Waals surface area contributed by atoms with E-state index < -0.39 is 36.3 Å². The van der Waals surface area contributed by atoms with Crippen LogP contribution < -0.4 is 0 Å². The average Bonchev–Trinajstić information content (AvgIpc) is 3.60. The van der Waals surface area contributed by atoms with Gasteiger partial charge in [-0.15, -0.1) is 0 Å². The highest BCUT2D eigenvalue weighted by Crippen LogP contribution is 2.56. The first-order valence-electron chi connectivity index (χ1n) is 27.2. The molecule has 9 aromatic carbocycles. The third-order valence-electron chi connectivity index (χ3n) is 12.8. The molecule has 0 fully saturated rings.